The largest absolute Gasteiger partial charge is 0.393 e. The Morgan fingerprint density at radius 3 is 2.90 bits per heavy atom. The summed E-state index contributed by atoms with van der Waals surface area (Å²) in [4.78, 5) is 11.0. The van der Waals surface area contributed by atoms with E-state index in [0.29, 0.717) is 0 Å². The fourth-order valence-corrected chi connectivity index (χ4v) is 2.49. The summed E-state index contributed by atoms with van der Waals surface area (Å²) >= 11 is 3.45. The van der Waals surface area contributed by atoms with Gasteiger partial charge in [0.1, 0.15) is 5.82 Å². The van der Waals surface area contributed by atoms with Crippen molar-refractivity contribution in [1.29, 1.82) is 0 Å². The van der Waals surface area contributed by atoms with Crippen molar-refractivity contribution in [3.8, 4) is 0 Å². The van der Waals surface area contributed by atoms with Crippen molar-refractivity contribution in [3.05, 3.63) is 22.6 Å². The highest BCUT2D eigenvalue weighted by molar-refractivity contribution is 9.10. The molecule has 0 aliphatic heterocycles. The molecule has 0 spiro atoms. The van der Waals surface area contributed by atoms with Gasteiger partial charge in [0.05, 0.1) is 11.6 Å². The van der Waals surface area contributed by atoms with Crippen molar-refractivity contribution in [3.63, 3.8) is 0 Å². The highest BCUT2D eigenvalue weighted by Crippen LogP contribution is 2.18. The van der Waals surface area contributed by atoms with Gasteiger partial charge >= 0.3 is 0 Å². The average Bonchev–Trinajstić information content (AvgIpc) is 2.69. The van der Waals surface area contributed by atoms with Crippen LogP contribution >= 0.6 is 15.9 Å². The molecule has 0 fully saturated rings. The van der Waals surface area contributed by atoms with Crippen molar-refractivity contribution in [2.45, 2.75) is 32.9 Å². The molecule has 1 atom stereocenters. The molecule has 2 rings (SSSR count). The molecule has 0 aliphatic carbocycles. The Balaban J connectivity index is 2.06. The molecule has 2 aromatic rings. The molecule has 0 saturated carbocycles. The van der Waals surface area contributed by atoms with Crippen LogP contribution in [0.15, 0.2) is 16.7 Å². The molecular formula is C14H21BrN4O. The predicted octanol–water partition coefficient (Wildman–Crippen LogP) is 2.20. The van der Waals surface area contributed by atoms with Crippen LogP contribution in [0.4, 0.5) is 0 Å². The molecule has 1 unspecified atom stereocenters. The molecular weight excluding hydrogens is 320 g/mol. The Kier molecular flexibility index (Phi) is 5.12. The van der Waals surface area contributed by atoms with Crippen molar-refractivity contribution >= 4 is 27.1 Å². The number of aliphatic hydroxyl groups excluding tert-OH is 1. The number of halogens is 1. The Morgan fingerprint density at radius 2 is 2.20 bits per heavy atom. The number of nitrogens with zero attached hydrogens (tertiary/aromatic N) is 4. The maximum Gasteiger partial charge on any atom is 0.177 e. The minimum Gasteiger partial charge on any atom is -0.393 e. The molecule has 0 amide bonds. The number of aromatic nitrogens is 3. The zero-order chi connectivity index (χ0) is 14.7. The molecule has 0 bridgehead atoms. The van der Waals surface area contributed by atoms with Crippen LogP contribution in [0.3, 0.4) is 0 Å². The number of hydrogen-bond acceptors (Lipinski definition) is 4. The third kappa shape index (κ3) is 3.77. The second-order valence-electron chi connectivity index (χ2n) is 5.25. The number of pyridine rings is 1. The minimum atomic E-state index is -0.242. The van der Waals surface area contributed by atoms with Crippen molar-refractivity contribution in [2.24, 2.45) is 0 Å². The molecule has 0 aromatic carbocycles. The molecule has 0 aliphatic rings. The van der Waals surface area contributed by atoms with Gasteiger partial charge in [0.25, 0.3) is 0 Å². The Bertz CT molecular complexity index is 582. The number of fused-ring (bicyclic) bond motifs is 1. The first-order valence-corrected chi connectivity index (χ1v) is 7.61. The van der Waals surface area contributed by atoms with Gasteiger partial charge in [0.2, 0.25) is 0 Å². The molecule has 6 heteroatoms. The van der Waals surface area contributed by atoms with Gasteiger partial charge < -0.3 is 14.6 Å². The van der Waals surface area contributed by atoms with E-state index in [-0.39, 0.29) is 6.10 Å². The Hall–Kier alpha value is -0.980. The van der Waals surface area contributed by atoms with Gasteiger partial charge in [-0.2, -0.15) is 0 Å². The first kappa shape index (κ1) is 15.4. The standard InChI is InChI=1S/C14H21BrN4O/c1-10(20)4-5-18(3)6-7-19-11(2)17-14-13(19)8-12(15)9-16-14/h8-10,20H,4-7H2,1-3H3. The average molecular weight is 341 g/mol. The van der Waals surface area contributed by atoms with E-state index < -0.39 is 0 Å². The Morgan fingerprint density at radius 1 is 1.45 bits per heavy atom. The van der Waals surface area contributed by atoms with Crippen LogP contribution in [0.1, 0.15) is 19.2 Å². The lowest BCUT2D eigenvalue weighted by Crippen LogP contribution is -2.26. The Labute approximate surface area is 127 Å². The molecule has 110 valence electrons. The van der Waals surface area contributed by atoms with Crippen LogP contribution in [0.25, 0.3) is 11.2 Å². The summed E-state index contributed by atoms with van der Waals surface area (Å²) in [7, 11) is 2.07. The summed E-state index contributed by atoms with van der Waals surface area (Å²) in [5, 5.41) is 9.31. The summed E-state index contributed by atoms with van der Waals surface area (Å²) < 4.78 is 3.15. The second kappa shape index (κ2) is 6.65. The van der Waals surface area contributed by atoms with E-state index in [1.54, 1.807) is 6.20 Å². The summed E-state index contributed by atoms with van der Waals surface area (Å²) in [6, 6.07) is 2.05. The van der Waals surface area contributed by atoms with Crippen LogP contribution in [-0.4, -0.2) is 50.8 Å². The second-order valence-corrected chi connectivity index (χ2v) is 6.16. The SMILES string of the molecule is Cc1nc2ncc(Br)cc2n1CCN(C)CCC(C)O. The van der Waals surface area contributed by atoms with Gasteiger partial charge in [-0.3, -0.25) is 0 Å². The topological polar surface area (TPSA) is 54.2 Å². The van der Waals surface area contributed by atoms with E-state index in [4.69, 9.17) is 0 Å². The molecule has 2 heterocycles. The molecule has 0 radical (unpaired) electrons. The van der Waals surface area contributed by atoms with Gasteiger partial charge in [0, 0.05) is 30.3 Å². The summed E-state index contributed by atoms with van der Waals surface area (Å²) in [6.45, 7) is 6.52. The van der Waals surface area contributed by atoms with Crippen LogP contribution < -0.4 is 0 Å². The summed E-state index contributed by atoms with van der Waals surface area (Å²) in [5.74, 6) is 0.981. The third-order valence-corrected chi connectivity index (χ3v) is 3.83. The van der Waals surface area contributed by atoms with Gasteiger partial charge in [-0.1, -0.05) is 0 Å². The van der Waals surface area contributed by atoms with Gasteiger partial charge in [-0.25, -0.2) is 9.97 Å². The van der Waals surface area contributed by atoms with E-state index in [1.165, 1.54) is 0 Å². The number of hydrogen-bond donors (Lipinski definition) is 1. The number of rotatable bonds is 6. The van der Waals surface area contributed by atoms with Crippen LogP contribution in [0.5, 0.6) is 0 Å². The molecule has 20 heavy (non-hydrogen) atoms. The van der Waals surface area contributed by atoms with Crippen molar-refractivity contribution < 1.29 is 5.11 Å². The van der Waals surface area contributed by atoms with E-state index in [1.807, 2.05) is 13.8 Å². The molecule has 1 N–H and O–H groups in total. The van der Waals surface area contributed by atoms with Gasteiger partial charge in [0.15, 0.2) is 5.65 Å². The minimum absolute atomic E-state index is 0.242. The number of likely N-dealkylation sites (N-methyl/N-ethyl adjacent to an activating group) is 1. The normalized spacial score (nSPS) is 13.3. The quantitative estimate of drug-likeness (QED) is 0.875. The van der Waals surface area contributed by atoms with E-state index in [9.17, 15) is 5.11 Å². The monoisotopic (exact) mass is 340 g/mol. The fraction of sp³-hybridized carbons (Fsp3) is 0.571. The van der Waals surface area contributed by atoms with E-state index in [2.05, 4.69) is 48.5 Å². The van der Waals surface area contributed by atoms with Crippen LogP contribution in [0.2, 0.25) is 0 Å². The van der Waals surface area contributed by atoms with Crippen molar-refractivity contribution in [1.82, 2.24) is 19.4 Å². The fourth-order valence-electron chi connectivity index (χ4n) is 2.17. The number of aryl methyl sites for hydroxylation is 1. The highest BCUT2D eigenvalue weighted by atomic mass is 79.9. The number of aliphatic hydroxyl groups is 1. The molecule has 5 nitrogen and oxygen atoms in total. The predicted molar refractivity (Wildman–Crippen MR) is 83.8 cm³/mol. The lowest BCUT2D eigenvalue weighted by molar-refractivity contribution is 0.163. The lowest BCUT2D eigenvalue weighted by Gasteiger charge is -2.18. The van der Waals surface area contributed by atoms with E-state index >= 15 is 0 Å². The zero-order valence-corrected chi connectivity index (χ0v) is 13.8. The maximum absolute atomic E-state index is 9.31. The third-order valence-electron chi connectivity index (χ3n) is 3.40. The van der Waals surface area contributed by atoms with Crippen molar-refractivity contribution in [2.75, 3.05) is 20.1 Å². The summed E-state index contributed by atoms with van der Waals surface area (Å²) in [5.41, 5.74) is 1.85. The van der Waals surface area contributed by atoms with E-state index in [0.717, 1.165) is 47.5 Å². The first-order chi connectivity index (χ1) is 9.47. The number of imidazole rings is 1. The molecule has 0 saturated heterocycles. The molecule has 2 aromatic heterocycles. The van der Waals surface area contributed by atoms with Crippen LogP contribution in [0, 0.1) is 6.92 Å². The maximum atomic E-state index is 9.31. The smallest absolute Gasteiger partial charge is 0.177 e. The van der Waals surface area contributed by atoms with Crippen LogP contribution in [-0.2, 0) is 6.54 Å². The van der Waals surface area contributed by atoms with Gasteiger partial charge in [-0.15, -0.1) is 0 Å². The zero-order valence-electron chi connectivity index (χ0n) is 12.2. The lowest BCUT2D eigenvalue weighted by atomic mass is 10.3. The summed E-state index contributed by atoms with van der Waals surface area (Å²) in [6.07, 6.45) is 2.33. The first-order valence-electron chi connectivity index (χ1n) is 6.82. The van der Waals surface area contributed by atoms with Gasteiger partial charge in [-0.05, 0) is 49.3 Å². The highest BCUT2D eigenvalue weighted by Gasteiger charge is 2.10.